The van der Waals surface area contributed by atoms with E-state index < -0.39 is 12.0 Å². The van der Waals surface area contributed by atoms with Crippen molar-refractivity contribution >= 4 is 5.78 Å². The Bertz CT molecular complexity index is 850. The van der Waals surface area contributed by atoms with Crippen molar-refractivity contribution < 1.29 is 34.0 Å². The summed E-state index contributed by atoms with van der Waals surface area (Å²) < 4.78 is 21.9. The van der Waals surface area contributed by atoms with Gasteiger partial charge in [0.2, 0.25) is 5.75 Å². The Labute approximate surface area is 157 Å². The average molecular weight is 374 g/mol. The minimum absolute atomic E-state index is 0.107. The number of Topliss-reactive ketones (excluding diaryl/α,β-unsaturated/α-hetero) is 1. The molecule has 1 heterocycles. The number of hydrogen-bond donors (Lipinski definition) is 2. The molecule has 0 unspecified atom stereocenters. The number of phenolic OH excluding ortho intramolecular Hbond substituents is 1. The highest BCUT2D eigenvalue weighted by Crippen LogP contribution is 2.52. The van der Waals surface area contributed by atoms with Crippen LogP contribution in [-0.2, 0) is 0 Å². The third-order valence-corrected chi connectivity index (χ3v) is 4.75. The van der Waals surface area contributed by atoms with E-state index >= 15 is 0 Å². The van der Waals surface area contributed by atoms with Gasteiger partial charge in [-0.25, -0.2) is 0 Å². The second-order valence-corrected chi connectivity index (χ2v) is 6.25. The Hall–Kier alpha value is -2.93. The molecular formula is C20H22O7. The zero-order chi connectivity index (χ0) is 19.7. The molecule has 0 fully saturated rings. The number of aliphatic hydroxyl groups excluding tert-OH is 1. The molecule has 0 spiro atoms. The number of rotatable bonds is 6. The fraction of sp³-hybridized carbons (Fsp3) is 0.350. The largest absolute Gasteiger partial charge is 0.502 e. The molecule has 2 aromatic carbocycles. The Kier molecular flexibility index (Phi) is 5.14. The van der Waals surface area contributed by atoms with Crippen molar-refractivity contribution in [2.75, 3.05) is 27.9 Å². The highest BCUT2D eigenvalue weighted by molar-refractivity contribution is 5.95. The summed E-state index contributed by atoms with van der Waals surface area (Å²) in [5, 5.41) is 20.2. The SMILES string of the molecule is COc1cc([C@@H]2Oc3c(OC)cc(C(C)=O)cc3[C@H]2CO)cc(OC)c1O. The summed E-state index contributed by atoms with van der Waals surface area (Å²) in [6.45, 7) is 1.27. The number of aromatic hydroxyl groups is 1. The first-order valence-corrected chi connectivity index (χ1v) is 8.40. The summed E-state index contributed by atoms with van der Waals surface area (Å²) in [5.41, 5.74) is 1.83. The van der Waals surface area contributed by atoms with E-state index in [1.807, 2.05) is 0 Å². The average Bonchev–Trinajstić information content (AvgIpc) is 3.05. The molecule has 3 rings (SSSR count). The summed E-state index contributed by atoms with van der Waals surface area (Å²) in [6, 6.07) is 6.61. The number of methoxy groups -OCH3 is 3. The maximum Gasteiger partial charge on any atom is 0.200 e. The summed E-state index contributed by atoms with van der Waals surface area (Å²) in [6.07, 6.45) is -0.565. The third-order valence-electron chi connectivity index (χ3n) is 4.75. The second kappa shape index (κ2) is 7.36. The highest BCUT2D eigenvalue weighted by Gasteiger charge is 2.38. The van der Waals surface area contributed by atoms with Crippen molar-refractivity contribution in [3.8, 4) is 28.7 Å². The van der Waals surface area contributed by atoms with Gasteiger partial charge in [0.05, 0.1) is 33.9 Å². The van der Waals surface area contributed by atoms with Gasteiger partial charge in [0.15, 0.2) is 28.8 Å². The lowest BCUT2D eigenvalue weighted by Crippen LogP contribution is -2.13. The monoisotopic (exact) mass is 374 g/mol. The molecule has 1 aliphatic rings. The lowest BCUT2D eigenvalue weighted by molar-refractivity contribution is 0.101. The van der Waals surface area contributed by atoms with Crippen molar-refractivity contribution in [1.29, 1.82) is 0 Å². The standard InChI is InChI=1S/C20H22O7/c1-10(22)11-5-13-14(9-21)19(27-20(13)17(6-11)26-4)12-7-15(24-2)18(23)16(8-12)25-3/h5-8,14,19,21,23H,9H2,1-4H3/t14-,19+/m1/s1. The maximum atomic E-state index is 11.8. The van der Waals surface area contributed by atoms with E-state index in [-0.39, 0.29) is 29.6 Å². The van der Waals surface area contributed by atoms with E-state index in [2.05, 4.69) is 0 Å². The Morgan fingerprint density at radius 2 is 1.63 bits per heavy atom. The fourth-order valence-electron chi connectivity index (χ4n) is 3.32. The Morgan fingerprint density at radius 1 is 1.04 bits per heavy atom. The number of benzene rings is 2. The van der Waals surface area contributed by atoms with Crippen LogP contribution in [0.5, 0.6) is 28.7 Å². The summed E-state index contributed by atoms with van der Waals surface area (Å²) in [4.78, 5) is 11.8. The van der Waals surface area contributed by atoms with Crippen LogP contribution < -0.4 is 18.9 Å². The van der Waals surface area contributed by atoms with Crippen molar-refractivity contribution in [2.45, 2.75) is 18.9 Å². The van der Waals surface area contributed by atoms with Crippen LogP contribution in [-0.4, -0.2) is 43.9 Å². The van der Waals surface area contributed by atoms with Crippen molar-refractivity contribution in [2.24, 2.45) is 0 Å². The van der Waals surface area contributed by atoms with Gasteiger partial charge in [0.25, 0.3) is 0 Å². The lowest BCUT2D eigenvalue weighted by Gasteiger charge is -2.20. The van der Waals surface area contributed by atoms with E-state index in [0.29, 0.717) is 28.2 Å². The van der Waals surface area contributed by atoms with Crippen LogP contribution in [0.25, 0.3) is 0 Å². The van der Waals surface area contributed by atoms with E-state index in [4.69, 9.17) is 18.9 Å². The number of ether oxygens (including phenoxy) is 4. The first-order chi connectivity index (χ1) is 12.9. The molecule has 0 aromatic heterocycles. The van der Waals surface area contributed by atoms with Gasteiger partial charge in [0.1, 0.15) is 6.10 Å². The fourth-order valence-corrected chi connectivity index (χ4v) is 3.32. The number of phenols is 1. The topological polar surface area (TPSA) is 94.5 Å². The second-order valence-electron chi connectivity index (χ2n) is 6.25. The highest BCUT2D eigenvalue weighted by atomic mass is 16.5. The normalized spacial score (nSPS) is 17.8. The van der Waals surface area contributed by atoms with E-state index in [0.717, 1.165) is 0 Å². The molecule has 0 saturated heterocycles. The van der Waals surface area contributed by atoms with Gasteiger partial charge in [0, 0.05) is 16.7 Å². The molecule has 27 heavy (non-hydrogen) atoms. The number of aliphatic hydroxyl groups is 1. The molecule has 0 radical (unpaired) electrons. The van der Waals surface area contributed by atoms with Crippen LogP contribution in [0.4, 0.5) is 0 Å². The molecule has 0 aliphatic carbocycles. The maximum absolute atomic E-state index is 11.8. The van der Waals surface area contributed by atoms with Gasteiger partial charge in [-0.1, -0.05) is 0 Å². The van der Waals surface area contributed by atoms with Gasteiger partial charge < -0.3 is 29.2 Å². The zero-order valence-electron chi connectivity index (χ0n) is 15.6. The Morgan fingerprint density at radius 3 is 2.11 bits per heavy atom. The van der Waals surface area contributed by atoms with Crippen LogP contribution in [0.15, 0.2) is 24.3 Å². The molecule has 7 heteroatoms. The molecule has 1 aliphatic heterocycles. The Balaban J connectivity index is 2.12. The molecule has 0 bridgehead atoms. The van der Waals surface area contributed by atoms with Gasteiger partial charge in [-0.05, 0) is 31.2 Å². The van der Waals surface area contributed by atoms with Crippen LogP contribution >= 0.6 is 0 Å². The van der Waals surface area contributed by atoms with Gasteiger partial charge >= 0.3 is 0 Å². The molecule has 144 valence electrons. The quantitative estimate of drug-likeness (QED) is 0.751. The van der Waals surface area contributed by atoms with Crippen molar-refractivity contribution in [1.82, 2.24) is 0 Å². The number of fused-ring (bicyclic) bond motifs is 1. The van der Waals surface area contributed by atoms with Crippen LogP contribution in [0.3, 0.4) is 0 Å². The summed E-state index contributed by atoms with van der Waals surface area (Å²) in [7, 11) is 4.37. The number of carbonyl (C=O) groups excluding carboxylic acids is 1. The van der Waals surface area contributed by atoms with E-state index in [1.54, 1.807) is 24.3 Å². The first kappa shape index (κ1) is 18.8. The molecule has 0 saturated carbocycles. The van der Waals surface area contributed by atoms with Crippen molar-refractivity contribution in [3.63, 3.8) is 0 Å². The lowest BCUT2D eigenvalue weighted by atomic mass is 9.90. The predicted octanol–water partition coefficient (Wildman–Crippen LogP) is 2.83. The molecule has 0 amide bonds. The summed E-state index contributed by atoms with van der Waals surface area (Å²) >= 11 is 0. The molecule has 2 atom stereocenters. The van der Waals surface area contributed by atoms with Crippen LogP contribution in [0.1, 0.15) is 40.4 Å². The number of ketones is 1. The number of hydrogen-bond acceptors (Lipinski definition) is 7. The molecule has 7 nitrogen and oxygen atoms in total. The molecular weight excluding hydrogens is 352 g/mol. The van der Waals surface area contributed by atoms with E-state index in [9.17, 15) is 15.0 Å². The van der Waals surface area contributed by atoms with Gasteiger partial charge in [-0.3, -0.25) is 4.79 Å². The zero-order valence-corrected chi connectivity index (χ0v) is 15.6. The predicted molar refractivity (Wildman–Crippen MR) is 97.4 cm³/mol. The molecule has 2 N–H and O–H groups in total. The van der Waals surface area contributed by atoms with Gasteiger partial charge in [-0.15, -0.1) is 0 Å². The molecule has 2 aromatic rings. The third kappa shape index (κ3) is 3.14. The van der Waals surface area contributed by atoms with Gasteiger partial charge in [-0.2, -0.15) is 0 Å². The summed E-state index contributed by atoms with van der Waals surface area (Å²) in [5.74, 6) is 0.732. The van der Waals surface area contributed by atoms with Crippen molar-refractivity contribution in [3.05, 3.63) is 41.0 Å². The number of carbonyl (C=O) groups is 1. The van der Waals surface area contributed by atoms with E-state index in [1.165, 1.54) is 28.3 Å². The first-order valence-electron chi connectivity index (χ1n) is 8.40. The minimum atomic E-state index is -0.565. The van der Waals surface area contributed by atoms with Crippen LogP contribution in [0, 0.1) is 0 Å². The minimum Gasteiger partial charge on any atom is -0.502 e. The smallest absolute Gasteiger partial charge is 0.200 e. The van der Waals surface area contributed by atoms with Crippen LogP contribution in [0.2, 0.25) is 0 Å².